The van der Waals surface area contributed by atoms with E-state index in [0.717, 1.165) is 10.5 Å². The average Bonchev–Trinajstić information content (AvgIpc) is 2.88. The first-order valence-electron chi connectivity index (χ1n) is 13.8. The SMILES string of the molecule is C=CCOC(=O)Nc1ccc2c(c1)CCC([C@@H]1[C@@H]([C@@H](C)O[Si](C)(C)C(C)(C)C)C(=O)N1C(O)C(=O)OCC=C)C2=O. The number of ether oxygens (including phenoxy) is 2. The number of likely N-dealkylation sites (tertiary alicyclic amines) is 1. The van der Waals surface area contributed by atoms with Crippen molar-refractivity contribution in [3.8, 4) is 0 Å². The number of anilines is 1. The van der Waals surface area contributed by atoms with E-state index in [-0.39, 0.29) is 24.0 Å². The van der Waals surface area contributed by atoms with Crippen molar-refractivity contribution in [3.63, 3.8) is 0 Å². The van der Waals surface area contributed by atoms with Crippen molar-refractivity contribution in [2.24, 2.45) is 11.8 Å². The molecule has 0 aromatic heterocycles. The monoisotopic (exact) mass is 586 g/mol. The predicted octanol–water partition coefficient (Wildman–Crippen LogP) is 4.45. The molecule has 1 aromatic carbocycles. The van der Waals surface area contributed by atoms with Crippen LogP contribution in [0.5, 0.6) is 0 Å². The molecule has 2 N–H and O–H groups in total. The summed E-state index contributed by atoms with van der Waals surface area (Å²) in [6.45, 7) is 19.2. The molecule has 1 heterocycles. The number of benzene rings is 1. The molecule has 1 saturated heterocycles. The molecule has 3 rings (SSSR count). The number of amides is 2. The van der Waals surface area contributed by atoms with Gasteiger partial charge in [-0.3, -0.25) is 14.9 Å². The highest BCUT2D eigenvalue weighted by molar-refractivity contribution is 6.74. The zero-order valence-corrected chi connectivity index (χ0v) is 25.8. The van der Waals surface area contributed by atoms with Gasteiger partial charge in [-0.1, -0.05) is 46.1 Å². The number of hydrogen-bond donors (Lipinski definition) is 2. The summed E-state index contributed by atoms with van der Waals surface area (Å²) in [6.07, 6.45) is 0.660. The lowest BCUT2D eigenvalue weighted by molar-refractivity contribution is -0.199. The van der Waals surface area contributed by atoms with E-state index in [9.17, 15) is 24.3 Å². The van der Waals surface area contributed by atoms with Gasteiger partial charge in [0.25, 0.3) is 0 Å². The van der Waals surface area contributed by atoms with Gasteiger partial charge >= 0.3 is 12.1 Å². The van der Waals surface area contributed by atoms with Crippen molar-refractivity contribution < 1.29 is 38.2 Å². The third-order valence-corrected chi connectivity index (χ3v) is 12.8. The van der Waals surface area contributed by atoms with Gasteiger partial charge in [-0.05, 0) is 61.7 Å². The second-order valence-electron chi connectivity index (χ2n) is 12.0. The number of nitrogens with one attached hydrogen (secondary N) is 1. The largest absolute Gasteiger partial charge is 0.458 e. The van der Waals surface area contributed by atoms with E-state index in [2.05, 4.69) is 52.3 Å². The lowest BCUT2D eigenvalue weighted by atomic mass is 9.68. The quantitative estimate of drug-likeness (QED) is 0.168. The molecule has 2 unspecified atom stereocenters. The van der Waals surface area contributed by atoms with Gasteiger partial charge in [-0.2, -0.15) is 0 Å². The maximum Gasteiger partial charge on any atom is 0.411 e. The van der Waals surface area contributed by atoms with Gasteiger partial charge in [0.1, 0.15) is 13.2 Å². The van der Waals surface area contributed by atoms with Crippen molar-refractivity contribution >= 4 is 37.8 Å². The molecule has 0 spiro atoms. The highest BCUT2D eigenvalue weighted by atomic mass is 28.4. The van der Waals surface area contributed by atoms with Crippen LogP contribution in [0.15, 0.2) is 43.5 Å². The fourth-order valence-electron chi connectivity index (χ4n) is 5.18. The van der Waals surface area contributed by atoms with E-state index in [1.54, 1.807) is 18.2 Å². The van der Waals surface area contributed by atoms with Crippen molar-refractivity contribution in [1.29, 1.82) is 0 Å². The fourth-order valence-corrected chi connectivity index (χ4v) is 6.61. The van der Waals surface area contributed by atoms with Crippen LogP contribution in [0.2, 0.25) is 18.1 Å². The highest BCUT2D eigenvalue weighted by Crippen LogP contribution is 2.45. The Morgan fingerprint density at radius 3 is 2.41 bits per heavy atom. The van der Waals surface area contributed by atoms with Crippen LogP contribution >= 0.6 is 0 Å². The van der Waals surface area contributed by atoms with Gasteiger partial charge in [0.05, 0.1) is 18.1 Å². The van der Waals surface area contributed by atoms with E-state index in [1.807, 2.05) is 6.92 Å². The second-order valence-corrected chi connectivity index (χ2v) is 16.8. The Bertz CT molecular complexity index is 1210. The van der Waals surface area contributed by atoms with Gasteiger partial charge in [-0.25, -0.2) is 9.59 Å². The molecule has 1 fully saturated rings. The Morgan fingerprint density at radius 1 is 1.17 bits per heavy atom. The zero-order valence-electron chi connectivity index (χ0n) is 24.8. The van der Waals surface area contributed by atoms with Gasteiger partial charge in [-0.15, -0.1) is 0 Å². The average molecular weight is 587 g/mol. The summed E-state index contributed by atoms with van der Waals surface area (Å²) in [4.78, 5) is 52.9. The third kappa shape index (κ3) is 6.79. The number of hydrogen-bond acceptors (Lipinski definition) is 8. The molecule has 224 valence electrons. The number of aryl methyl sites for hydroxylation is 1. The van der Waals surface area contributed by atoms with Crippen LogP contribution in [0.25, 0.3) is 0 Å². The van der Waals surface area contributed by atoms with E-state index >= 15 is 0 Å². The molecule has 0 bridgehead atoms. The predicted molar refractivity (Wildman–Crippen MR) is 157 cm³/mol. The molecule has 5 atom stereocenters. The molecule has 1 aliphatic heterocycles. The number of aliphatic hydroxyl groups is 1. The van der Waals surface area contributed by atoms with Gasteiger partial charge in [0.2, 0.25) is 12.1 Å². The van der Waals surface area contributed by atoms with Gasteiger partial charge in [0.15, 0.2) is 14.1 Å². The number of β-lactam (4-membered cyclic amide) rings is 1. The molecule has 10 nitrogen and oxygen atoms in total. The molecule has 0 saturated carbocycles. The first kappa shape index (κ1) is 32.2. The van der Waals surface area contributed by atoms with Crippen LogP contribution in [0.3, 0.4) is 0 Å². The van der Waals surface area contributed by atoms with E-state index in [0.29, 0.717) is 24.1 Å². The fraction of sp³-hybridized carbons (Fsp3) is 0.533. The Morgan fingerprint density at radius 2 is 1.80 bits per heavy atom. The maximum absolute atomic E-state index is 13.9. The minimum Gasteiger partial charge on any atom is -0.458 e. The molecule has 2 aliphatic rings. The second kappa shape index (κ2) is 12.7. The molecule has 1 aliphatic carbocycles. The van der Waals surface area contributed by atoms with Crippen LogP contribution in [-0.4, -0.2) is 73.7 Å². The number of ketones is 1. The molecule has 0 radical (unpaired) electrons. The number of rotatable bonds is 11. The van der Waals surface area contributed by atoms with Crippen LogP contribution in [-0.2, 0) is 29.9 Å². The molecule has 41 heavy (non-hydrogen) atoms. The smallest absolute Gasteiger partial charge is 0.411 e. The summed E-state index contributed by atoms with van der Waals surface area (Å²) in [7, 11) is -2.28. The summed E-state index contributed by atoms with van der Waals surface area (Å²) < 4.78 is 16.5. The van der Waals surface area contributed by atoms with Gasteiger partial charge < -0.3 is 23.9 Å². The molecule has 1 aromatic rings. The number of carbonyl (C=O) groups excluding carboxylic acids is 4. The molecule has 11 heteroatoms. The Labute approximate surface area is 242 Å². The maximum atomic E-state index is 13.9. The Balaban J connectivity index is 1.90. The van der Waals surface area contributed by atoms with Crippen molar-refractivity contribution in [1.82, 2.24) is 4.90 Å². The number of fused-ring (bicyclic) bond motifs is 1. The van der Waals surface area contributed by atoms with Crippen LogP contribution in [0.1, 0.15) is 50.0 Å². The van der Waals surface area contributed by atoms with Crippen LogP contribution < -0.4 is 5.32 Å². The first-order chi connectivity index (χ1) is 19.1. The standard InChI is InChI=1S/C30H42N2O8Si/c1-9-15-38-28(36)27(35)32-24(23(26(32)34)18(3)40-41(7,8)30(4,5)6)22-13-11-19-17-20(12-14-21(19)25(22)33)31-29(37)39-16-10-2/h9-10,12,14,17-18,22-24,27,35H,1-2,11,13,15-16H2,3-8H3,(H,31,37)/t18-,22?,23-,24-,27?/m1/s1. The number of Topliss-reactive ketones (excluding diaryl/α,β-unsaturated/α-hetero) is 1. The first-order valence-corrected chi connectivity index (χ1v) is 16.7. The summed E-state index contributed by atoms with van der Waals surface area (Å²) >= 11 is 0. The Kier molecular flexibility index (Phi) is 9.99. The van der Waals surface area contributed by atoms with E-state index in [4.69, 9.17) is 13.9 Å². The zero-order chi connectivity index (χ0) is 30.7. The summed E-state index contributed by atoms with van der Waals surface area (Å²) in [5.74, 6) is -3.04. The van der Waals surface area contributed by atoms with Crippen molar-refractivity contribution in [2.45, 2.75) is 77.0 Å². The molecule has 2 amide bonds. The third-order valence-electron chi connectivity index (χ3n) is 8.26. The lowest BCUT2D eigenvalue weighted by Gasteiger charge is -2.54. The number of carbonyl (C=O) groups is 4. The van der Waals surface area contributed by atoms with E-state index < -0.39 is 56.5 Å². The minimum absolute atomic E-state index is 0.0687. The molecular formula is C30H42N2O8Si. The summed E-state index contributed by atoms with van der Waals surface area (Å²) in [6, 6.07) is 4.21. The number of nitrogens with zero attached hydrogens (tertiary/aromatic N) is 1. The Hall–Kier alpha value is -3.28. The molecular weight excluding hydrogens is 544 g/mol. The van der Waals surface area contributed by atoms with Crippen LogP contribution in [0, 0.1) is 11.8 Å². The van der Waals surface area contributed by atoms with Gasteiger partial charge in [0, 0.05) is 17.2 Å². The lowest BCUT2D eigenvalue weighted by Crippen LogP contribution is -2.72. The van der Waals surface area contributed by atoms with Crippen molar-refractivity contribution in [2.75, 3.05) is 18.5 Å². The van der Waals surface area contributed by atoms with E-state index in [1.165, 1.54) is 12.2 Å². The summed E-state index contributed by atoms with van der Waals surface area (Å²) in [5, 5.41) is 13.4. The normalized spacial score (nSPS) is 22.1. The number of esters is 1. The van der Waals surface area contributed by atoms with Crippen LogP contribution in [0.4, 0.5) is 10.5 Å². The topological polar surface area (TPSA) is 131 Å². The highest BCUT2D eigenvalue weighted by Gasteiger charge is 2.60. The van der Waals surface area contributed by atoms with Crippen molar-refractivity contribution in [3.05, 3.63) is 54.6 Å². The minimum atomic E-state index is -2.28. The summed E-state index contributed by atoms with van der Waals surface area (Å²) in [5.41, 5.74) is 1.70. The number of aliphatic hydroxyl groups excluding tert-OH is 1.